The third-order valence-electron chi connectivity index (χ3n) is 4.67. The van der Waals surface area contributed by atoms with Crippen LogP contribution in [-0.4, -0.2) is 15.6 Å². The Morgan fingerprint density at radius 1 is 1.21 bits per heavy atom. The third-order valence-corrected chi connectivity index (χ3v) is 4.67. The van der Waals surface area contributed by atoms with Crippen LogP contribution in [0.3, 0.4) is 0 Å². The van der Waals surface area contributed by atoms with E-state index in [0.717, 1.165) is 22.2 Å². The zero-order chi connectivity index (χ0) is 20.5. The van der Waals surface area contributed by atoms with E-state index in [1.807, 2.05) is 25.1 Å². The molecule has 6 nitrogen and oxygen atoms in total. The Hall–Kier alpha value is -3.74. The number of carbonyl (C=O) groups is 1. The molecule has 0 aliphatic heterocycles. The highest BCUT2D eigenvalue weighted by Crippen LogP contribution is 2.25. The Bertz CT molecular complexity index is 1290. The van der Waals surface area contributed by atoms with E-state index in [-0.39, 0.29) is 18.0 Å². The van der Waals surface area contributed by atoms with Crippen molar-refractivity contribution < 1.29 is 13.7 Å². The van der Waals surface area contributed by atoms with Gasteiger partial charge in [0.05, 0.1) is 12.2 Å². The lowest BCUT2D eigenvalue weighted by molar-refractivity contribution is -0.114. The number of fused-ring (bicyclic) bond motifs is 1. The first-order valence-corrected chi connectivity index (χ1v) is 9.02. The van der Waals surface area contributed by atoms with Gasteiger partial charge in [-0.2, -0.15) is 0 Å². The zero-order valence-corrected chi connectivity index (χ0v) is 15.9. The summed E-state index contributed by atoms with van der Waals surface area (Å²) >= 11 is 0. The Kier molecular flexibility index (Phi) is 4.72. The number of pyridine rings is 1. The monoisotopic (exact) mass is 391 g/mol. The highest BCUT2D eigenvalue weighted by Gasteiger charge is 2.10. The van der Waals surface area contributed by atoms with Crippen molar-refractivity contribution in [3.63, 3.8) is 0 Å². The van der Waals surface area contributed by atoms with Gasteiger partial charge in [0, 0.05) is 29.8 Å². The summed E-state index contributed by atoms with van der Waals surface area (Å²) in [4.78, 5) is 24.1. The molecule has 0 fully saturated rings. The Labute approximate surface area is 165 Å². The van der Waals surface area contributed by atoms with Crippen LogP contribution in [0.4, 0.5) is 10.1 Å². The molecule has 146 valence electrons. The molecule has 0 aliphatic rings. The van der Waals surface area contributed by atoms with Gasteiger partial charge in [-0.1, -0.05) is 11.2 Å². The van der Waals surface area contributed by atoms with Crippen LogP contribution in [0.1, 0.15) is 18.2 Å². The second kappa shape index (κ2) is 7.35. The van der Waals surface area contributed by atoms with Gasteiger partial charge >= 0.3 is 0 Å². The van der Waals surface area contributed by atoms with Crippen molar-refractivity contribution in [2.75, 3.05) is 5.32 Å². The first-order chi connectivity index (χ1) is 13.9. The van der Waals surface area contributed by atoms with E-state index in [1.165, 1.54) is 23.6 Å². The van der Waals surface area contributed by atoms with Crippen molar-refractivity contribution in [1.82, 2.24) is 9.72 Å². The van der Waals surface area contributed by atoms with Gasteiger partial charge in [0.2, 0.25) is 5.91 Å². The van der Waals surface area contributed by atoms with Crippen LogP contribution in [0.5, 0.6) is 0 Å². The molecule has 0 atom stereocenters. The number of nitrogens with zero attached hydrogens (tertiary/aromatic N) is 2. The molecule has 1 N–H and O–H groups in total. The maximum Gasteiger partial charge on any atom is 0.258 e. The molecule has 0 saturated heterocycles. The Morgan fingerprint density at radius 3 is 2.76 bits per heavy atom. The maximum atomic E-state index is 13.9. The highest BCUT2D eigenvalue weighted by atomic mass is 19.1. The average molecular weight is 391 g/mol. The third kappa shape index (κ3) is 3.80. The van der Waals surface area contributed by atoms with E-state index >= 15 is 0 Å². The van der Waals surface area contributed by atoms with Crippen LogP contribution in [0.25, 0.3) is 21.9 Å². The molecule has 2 aromatic heterocycles. The standard InChI is InChI=1S/C22H18FN3O3/c1-13-21(12-29-25-13)16-3-4-20-17(9-16)5-6-26(22(20)28)11-15-7-18(23)10-19(8-15)24-14(2)27/h3-10,12H,11H2,1-2H3,(H,24,27). The minimum absolute atomic E-state index is 0.179. The summed E-state index contributed by atoms with van der Waals surface area (Å²) in [5, 5.41) is 7.80. The second-order valence-corrected chi connectivity index (χ2v) is 6.89. The largest absolute Gasteiger partial charge is 0.364 e. The van der Waals surface area contributed by atoms with Crippen molar-refractivity contribution in [3.05, 3.63) is 82.4 Å². The lowest BCUT2D eigenvalue weighted by atomic mass is 10.0. The van der Waals surface area contributed by atoms with E-state index in [0.29, 0.717) is 16.6 Å². The summed E-state index contributed by atoms with van der Waals surface area (Å²) in [7, 11) is 0. The van der Waals surface area contributed by atoms with Gasteiger partial charge in [-0.25, -0.2) is 4.39 Å². The quantitative estimate of drug-likeness (QED) is 0.568. The van der Waals surface area contributed by atoms with E-state index < -0.39 is 5.82 Å². The minimum Gasteiger partial charge on any atom is -0.364 e. The molecular weight excluding hydrogens is 373 g/mol. The number of rotatable bonds is 4. The number of anilines is 1. The average Bonchev–Trinajstić information content (AvgIpc) is 3.09. The SMILES string of the molecule is CC(=O)Nc1cc(F)cc(Cn2ccc3cc(-c4conc4C)ccc3c2=O)c1. The topological polar surface area (TPSA) is 77.1 Å². The lowest BCUT2D eigenvalue weighted by Crippen LogP contribution is -2.20. The Balaban J connectivity index is 1.70. The van der Waals surface area contributed by atoms with E-state index in [1.54, 1.807) is 24.6 Å². The molecule has 0 bridgehead atoms. The fourth-order valence-corrected chi connectivity index (χ4v) is 3.36. The van der Waals surface area contributed by atoms with E-state index in [9.17, 15) is 14.0 Å². The second-order valence-electron chi connectivity index (χ2n) is 6.89. The van der Waals surface area contributed by atoms with Crippen LogP contribution in [0.15, 0.2) is 64.2 Å². The highest BCUT2D eigenvalue weighted by molar-refractivity contribution is 5.89. The summed E-state index contributed by atoms with van der Waals surface area (Å²) in [6, 6.07) is 11.6. The van der Waals surface area contributed by atoms with Gasteiger partial charge in [0.25, 0.3) is 5.56 Å². The molecule has 0 aliphatic carbocycles. The van der Waals surface area contributed by atoms with Gasteiger partial charge in [-0.05, 0) is 59.8 Å². The summed E-state index contributed by atoms with van der Waals surface area (Å²) in [5.74, 6) is -0.767. The molecule has 0 radical (unpaired) electrons. The fourth-order valence-electron chi connectivity index (χ4n) is 3.36. The van der Waals surface area contributed by atoms with Crippen LogP contribution < -0.4 is 10.9 Å². The maximum absolute atomic E-state index is 13.9. The molecule has 4 aromatic rings. The molecular formula is C22H18FN3O3. The molecule has 2 aromatic carbocycles. The van der Waals surface area contributed by atoms with Crippen molar-refractivity contribution in [2.24, 2.45) is 0 Å². The van der Waals surface area contributed by atoms with Gasteiger partial charge < -0.3 is 14.4 Å². The molecule has 7 heteroatoms. The number of halogens is 1. The number of carbonyl (C=O) groups excluding carboxylic acids is 1. The van der Waals surface area contributed by atoms with Crippen molar-refractivity contribution in [1.29, 1.82) is 0 Å². The van der Waals surface area contributed by atoms with Crippen molar-refractivity contribution in [2.45, 2.75) is 20.4 Å². The molecule has 4 rings (SSSR count). The van der Waals surface area contributed by atoms with Gasteiger partial charge in [0.15, 0.2) is 0 Å². The molecule has 0 unspecified atom stereocenters. The van der Waals surface area contributed by atoms with Gasteiger partial charge in [-0.15, -0.1) is 0 Å². The smallest absolute Gasteiger partial charge is 0.258 e. The van der Waals surface area contributed by atoms with Crippen molar-refractivity contribution >= 4 is 22.4 Å². The van der Waals surface area contributed by atoms with Gasteiger partial charge in [-0.3, -0.25) is 9.59 Å². The number of hydrogen-bond acceptors (Lipinski definition) is 4. The number of nitrogens with one attached hydrogen (secondary N) is 1. The van der Waals surface area contributed by atoms with Crippen LogP contribution >= 0.6 is 0 Å². The van der Waals surface area contributed by atoms with Crippen LogP contribution in [0, 0.1) is 12.7 Å². The summed E-state index contributed by atoms with van der Waals surface area (Å²) < 4.78 is 20.4. The van der Waals surface area contributed by atoms with Gasteiger partial charge in [0.1, 0.15) is 12.1 Å². The first-order valence-electron chi connectivity index (χ1n) is 9.02. The number of aromatic nitrogens is 2. The van der Waals surface area contributed by atoms with E-state index in [4.69, 9.17) is 4.52 Å². The number of amides is 1. The lowest BCUT2D eigenvalue weighted by Gasteiger charge is -2.10. The van der Waals surface area contributed by atoms with Crippen LogP contribution in [0.2, 0.25) is 0 Å². The molecule has 2 heterocycles. The summed E-state index contributed by atoms with van der Waals surface area (Å²) in [5.41, 5.74) is 3.32. The first kappa shape index (κ1) is 18.6. The number of aryl methyl sites for hydroxylation is 1. The normalized spacial score (nSPS) is 11.0. The summed E-state index contributed by atoms with van der Waals surface area (Å²) in [6.45, 7) is 3.40. The number of hydrogen-bond donors (Lipinski definition) is 1. The zero-order valence-electron chi connectivity index (χ0n) is 15.9. The summed E-state index contributed by atoms with van der Waals surface area (Å²) in [6.07, 6.45) is 3.26. The molecule has 29 heavy (non-hydrogen) atoms. The van der Waals surface area contributed by atoms with E-state index in [2.05, 4.69) is 10.5 Å². The molecule has 1 amide bonds. The minimum atomic E-state index is -0.478. The number of benzene rings is 2. The van der Waals surface area contributed by atoms with Crippen molar-refractivity contribution in [3.8, 4) is 11.1 Å². The molecule has 0 spiro atoms. The Morgan fingerprint density at radius 2 is 2.03 bits per heavy atom. The predicted molar refractivity (Wildman–Crippen MR) is 108 cm³/mol. The fraction of sp³-hybridized carbons (Fsp3) is 0.136. The van der Waals surface area contributed by atoms with Crippen LogP contribution in [-0.2, 0) is 11.3 Å². The predicted octanol–water partition coefficient (Wildman–Crippen LogP) is 4.11. The molecule has 0 saturated carbocycles.